The molecule has 35 heavy (non-hydrogen) atoms. The van der Waals surface area contributed by atoms with E-state index in [9.17, 15) is 14.4 Å². The van der Waals surface area contributed by atoms with Gasteiger partial charge in [-0.05, 0) is 48.5 Å². The van der Waals surface area contributed by atoms with Gasteiger partial charge in [-0.3, -0.25) is 19.3 Å². The van der Waals surface area contributed by atoms with E-state index in [4.69, 9.17) is 0 Å². The van der Waals surface area contributed by atoms with Crippen LogP contribution in [0.4, 0.5) is 11.5 Å². The molecule has 2 aromatic carbocycles. The quantitative estimate of drug-likeness (QED) is 0.549. The molecule has 3 aliphatic rings. The van der Waals surface area contributed by atoms with Gasteiger partial charge in [0, 0.05) is 57.1 Å². The summed E-state index contributed by atoms with van der Waals surface area (Å²) in [5.41, 5.74) is 1.85. The van der Waals surface area contributed by atoms with Gasteiger partial charge >= 0.3 is 0 Å². The number of amides is 3. The minimum absolute atomic E-state index is 0.0257. The van der Waals surface area contributed by atoms with Gasteiger partial charge in [0.05, 0.1) is 16.8 Å². The molecule has 3 amide bonds. The fourth-order valence-corrected chi connectivity index (χ4v) is 5.07. The van der Waals surface area contributed by atoms with Crippen LogP contribution in [0.1, 0.15) is 31.1 Å². The number of fused-ring (bicyclic) bond motifs is 1. The first kappa shape index (κ1) is 21.5. The molecule has 3 aliphatic heterocycles. The number of pyridine rings is 1. The summed E-state index contributed by atoms with van der Waals surface area (Å²) in [6, 6.07) is 19.9. The fourth-order valence-electron chi connectivity index (χ4n) is 5.07. The second kappa shape index (κ2) is 8.63. The van der Waals surface area contributed by atoms with Gasteiger partial charge in [-0.15, -0.1) is 0 Å². The summed E-state index contributed by atoms with van der Waals surface area (Å²) in [5.74, 6) is 0.321. The molecule has 8 nitrogen and oxygen atoms in total. The van der Waals surface area contributed by atoms with Crippen LogP contribution in [0.25, 0.3) is 0 Å². The van der Waals surface area contributed by atoms with Crippen molar-refractivity contribution in [2.24, 2.45) is 0 Å². The summed E-state index contributed by atoms with van der Waals surface area (Å²) in [4.78, 5) is 50.6. The third-order valence-corrected chi connectivity index (χ3v) is 7.12. The number of piperazine rings is 1. The van der Waals surface area contributed by atoms with Crippen LogP contribution in [0.2, 0.25) is 0 Å². The lowest BCUT2D eigenvalue weighted by Crippen LogP contribution is -2.64. The maximum absolute atomic E-state index is 13.0. The molecule has 2 fully saturated rings. The van der Waals surface area contributed by atoms with Crippen LogP contribution < -0.4 is 9.80 Å². The van der Waals surface area contributed by atoms with Crippen molar-refractivity contribution in [1.29, 1.82) is 0 Å². The maximum Gasteiger partial charge on any atom is 0.266 e. The topological polar surface area (TPSA) is 77.1 Å². The minimum Gasteiger partial charge on any atom is -0.354 e. The number of likely N-dealkylation sites (tertiary alicyclic amines) is 1. The average molecular weight is 468 g/mol. The molecule has 6 rings (SSSR count). The third-order valence-electron chi connectivity index (χ3n) is 7.12. The van der Waals surface area contributed by atoms with E-state index in [-0.39, 0.29) is 17.7 Å². The number of hydrogen-bond donors (Lipinski definition) is 0. The second-order valence-corrected chi connectivity index (χ2v) is 9.11. The Morgan fingerprint density at radius 3 is 2.00 bits per heavy atom. The largest absolute Gasteiger partial charge is 0.354 e. The van der Waals surface area contributed by atoms with Crippen LogP contribution in [0.3, 0.4) is 0 Å². The summed E-state index contributed by atoms with van der Waals surface area (Å²) in [6.07, 6.45) is 1.82. The molecule has 3 aromatic rings. The van der Waals surface area contributed by atoms with Gasteiger partial charge in [0.1, 0.15) is 5.82 Å². The maximum atomic E-state index is 13.0. The van der Waals surface area contributed by atoms with E-state index in [0.29, 0.717) is 41.5 Å². The fraction of sp³-hybridized carbons (Fsp3) is 0.259. The minimum atomic E-state index is -0.335. The average Bonchev–Trinajstić information content (AvgIpc) is 3.14. The zero-order valence-electron chi connectivity index (χ0n) is 19.2. The van der Waals surface area contributed by atoms with Crippen molar-refractivity contribution in [3.05, 3.63) is 89.6 Å². The number of nitrogens with zero attached hydrogens (tertiary/aromatic N) is 5. The Hall–Kier alpha value is -4.04. The van der Waals surface area contributed by atoms with E-state index in [1.807, 2.05) is 29.3 Å². The Bertz CT molecular complexity index is 1240. The number of carbonyl (C=O) groups excluding carboxylic acids is 3. The van der Waals surface area contributed by atoms with Crippen molar-refractivity contribution in [1.82, 2.24) is 14.8 Å². The Labute approximate surface area is 203 Å². The number of imide groups is 1. The highest BCUT2D eigenvalue weighted by atomic mass is 16.2. The highest BCUT2D eigenvalue weighted by Crippen LogP contribution is 2.29. The Morgan fingerprint density at radius 2 is 1.40 bits per heavy atom. The molecular weight excluding hydrogens is 442 g/mol. The molecule has 8 heteroatoms. The number of rotatable bonds is 4. The van der Waals surface area contributed by atoms with E-state index >= 15 is 0 Å². The molecule has 0 bridgehead atoms. The number of carbonyl (C=O) groups is 3. The molecule has 0 N–H and O–H groups in total. The number of benzene rings is 2. The van der Waals surface area contributed by atoms with Crippen LogP contribution in [-0.2, 0) is 0 Å². The number of anilines is 2. The Morgan fingerprint density at radius 1 is 0.771 bits per heavy atom. The predicted molar refractivity (Wildman–Crippen MR) is 132 cm³/mol. The van der Waals surface area contributed by atoms with Gasteiger partial charge in [0.2, 0.25) is 0 Å². The molecular formula is C27H25N5O3. The monoisotopic (exact) mass is 467 g/mol. The predicted octanol–water partition coefficient (Wildman–Crippen LogP) is 2.53. The highest BCUT2D eigenvalue weighted by Gasteiger charge is 2.38. The zero-order chi connectivity index (χ0) is 23.9. The number of aromatic nitrogens is 1. The van der Waals surface area contributed by atoms with Gasteiger partial charge in [-0.25, -0.2) is 9.88 Å². The van der Waals surface area contributed by atoms with Crippen molar-refractivity contribution in [3.63, 3.8) is 0 Å². The lowest BCUT2D eigenvalue weighted by molar-refractivity contribution is 0.0246. The Balaban J connectivity index is 1.04. The van der Waals surface area contributed by atoms with Crippen molar-refractivity contribution in [2.75, 3.05) is 49.1 Å². The van der Waals surface area contributed by atoms with E-state index in [1.165, 1.54) is 4.90 Å². The second-order valence-electron chi connectivity index (χ2n) is 9.11. The smallest absolute Gasteiger partial charge is 0.266 e. The molecule has 2 saturated heterocycles. The third kappa shape index (κ3) is 3.76. The molecule has 4 heterocycles. The van der Waals surface area contributed by atoms with Gasteiger partial charge in [0.25, 0.3) is 17.7 Å². The summed E-state index contributed by atoms with van der Waals surface area (Å²) in [5, 5.41) is 0. The van der Waals surface area contributed by atoms with E-state index in [0.717, 1.165) is 32.0 Å². The molecule has 0 radical (unpaired) electrons. The number of hydrogen-bond acceptors (Lipinski definition) is 6. The van der Waals surface area contributed by atoms with Crippen molar-refractivity contribution >= 4 is 29.2 Å². The SMILES string of the molecule is O=C(c1ccc(N2C(=O)c3ccccc3C2=O)cc1)N1CC(N2CCN(c3ccccn3)CC2)C1. The lowest BCUT2D eigenvalue weighted by Gasteiger charge is -2.48. The lowest BCUT2D eigenvalue weighted by atomic mass is 10.0. The van der Waals surface area contributed by atoms with Crippen molar-refractivity contribution in [3.8, 4) is 0 Å². The highest BCUT2D eigenvalue weighted by molar-refractivity contribution is 6.34. The van der Waals surface area contributed by atoms with Crippen LogP contribution in [0.15, 0.2) is 72.9 Å². The Kier molecular flexibility index (Phi) is 5.30. The molecule has 0 unspecified atom stereocenters. The molecule has 0 spiro atoms. The van der Waals surface area contributed by atoms with Gasteiger partial charge < -0.3 is 9.80 Å². The molecule has 0 aliphatic carbocycles. The summed E-state index contributed by atoms with van der Waals surface area (Å²) >= 11 is 0. The van der Waals surface area contributed by atoms with E-state index < -0.39 is 0 Å². The summed E-state index contributed by atoms with van der Waals surface area (Å²) in [6.45, 7) is 5.20. The van der Waals surface area contributed by atoms with Crippen LogP contribution >= 0.6 is 0 Å². The first-order valence-electron chi connectivity index (χ1n) is 11.9. The molecule has 1 aromatic heterocycles. The normalized spacial score (nSPS) is 18.6. The van der Waals surface area contributed by atoms with E-state index in [1.54, 1.807) is 48.5 Å². The van der Waals surface area contributed by atoms with Crippen LogP contribution in [0.5, 0.6) is 0 Å². The molecule has 0 atom stereocenters. The summed E-state index contributed by atoms with van der Waals surface area (Å²) in [7, 11) is 0. The molecule has 176 valence electrons. The first-order chi connectivity index (χ1) is 17.1. The summed E-state index contributed by atoms with van der Waals surface area (Å²) < 4.78 is 0. The van der Waals surface area contributed by atoms with E-state index in [2.05, 4.69) is 14.8 Å². The zero-order valence-corrected chi connectivity index (χ0v) is 19.2. The standard InChI is InChI=1S/C27H25N5O3/c33-25(31-17-21(18-31)29-13-15-30(16-14-29)24-7-3-4-12-28-24)19-8-10-20(11-9-19)32-26(34)22-5-1-2-6-23(22)27(32)35/h1-12,21H,13-18H2. The van der Waals surface area contributed by atoms with Crippen LogP contribution in [0, 0.1) is 0 Å². The van der Waals surface area contributed by atoms with Gasteiger partial charge in [-0.1, -0.05) is 18.2 Å². The van der Waals surface area contributed by atoms with Crippen LogP contribution in [-0.4, -0.2) is 77.8 Å². The van der Waals surface area contributed by atoms with Gasteiger partial charge in [-0.2, -0.15) is 0 Å². The van der Waals surface area contributed by atoms with Crippen molar-refractivity contribution < 1.29 is 14.4 Å². The molecule has 0 saturated carbocycles. The first-order valence-corrected chi connectivity index (χ1v) is 11.9. The van der Waals surface area contributed by atoms with Crippen molar-refractivity contribution in [2.45, 2.75) is 6.04 Å². The van der Waals surface area contributed by atoms with Gasteiger partial charge in [0.15, 0.2) is 0 Å².